The molecule has 102 valence electrons. The molecule has 1 aromatic heterocycles. The lowest BCUT2D eigenvalue weighted by atomic mass is 10.3. The van der Waals surface area contributed by atoms with Gasteiger partial charge >= 0.3 is 0 Å². The summed E-state index contributed by atoms with van der Waals surface area (Å²) in [4.78, 5) is 39.8. The van der Waals surface area contributed by atoms with Crippen LogP contribution in [0.3, 0.4) is 0 Å². The average molecular weight is 307 g/mol. The third kappa shape index (κ3) is 2.52. The number of rotatable bonds is 3. The molecule has 2 aromatic rings. The van der Waals surface area contributed by atoms with E-state index in [1.54, 1.807) is 0 Å². The van der Waals surface area contributed by atoms with Crippen molar-refractivity contribution in [2.75, 3.05) is 17.6 Å². The van der Waals surface area contributed by atoms with Crippen LogP contribution in [-0.4, -0.2) is 39.2 Å². The summed E-state index contributed by atoms with van der Waals surface area (Å²) in [5, 5.41) is 2.69. The summed E-state index contributed by atoms with van der Waals surface area (Å²) < 4.78 is 0.965. The molecule has 1 fully saturated rings. The topological polar surface area (TPSA) is 79.4 Å². The molecule has 0 unspecified atom stereocenters. The Kier molecular flexibility index (Phi) is 3.41. The summed E-state index contributed by atoms with van der Waals surface area (Å²) in [6.45, 7) is -0.263. The van der Waals surface area contributed by atoms with Crippen molar-refractivity contribution in [1.82, 2.24) is 9.88 Å². The lowest BCUT2D eigenvalue weighted by molar-refractivity contribution is -0.128. The zero-order valence-electron chi connectivity index (χ0n) is 10.2. The summed E-state index contributed by atoms with van der Waals surface area (Å²) in [6.07, 6.45) is 0. The van der Waals surface area contributed by atoms with Crippen molar-refractivity contribution in [2.24, 2.45) is 0 Å². The van der Waals surface area contributed by atoms with Gasteiger partial charge in [0.15, 0.2) is 5.13 Å². The number of nitrogens with zero attached hydrogens (tertiary/aromatic N) is 2. The number of anilines is 1. The Morgan fingerprint density at radius 1 is 1.35 bits per heavy atom. The number of nitrogens with one attached hydrogen (secondary N) is 1. The molecule has 8 heteroatoms. The van der Waals surface area contributed by atoms with Crippen molar-refractivity contribution in [1.29, 1.82) is 0 Å². The summed E-state index contributed by atoms with van der Waals surface area (Å²) in [5.74, 6) is -0.652. The lowest BCUT2D eigenvalue weighted by Gasteiger charge is -2.11. The Balaban J connectivity index is 1.69. The molecule has 0 aliphatic carbocycles. The highest BCUT2D eigenvalue weighted by molar-refractivity contribution is 8.14. The van der Waals surface area contributed by atoms with Crippen LogP contribution in [-0.2, 0) is 9.59 Å². The molecular formula is C12H9N3O3S2. The molecule has 1 saturated heterocycles. The van der Waals surface area contributed by atoms with E-state index < -0.39 is 5.91 Å². The number of benzene rings is 1. The number of carbonyl (C=O) groups excluding carboxylic acids is 3. The maximum Gasteiger partial charge on any atom is 0.289 e. The summed E-state index contributed by atoms with van der Waals surface area (Å²) in [6, 6.07) is 7.52. The molecule has 1 aliphatic heterocycles. The van der Waals surface area contributed by atoms with Gasteiger partial charge in [0.25, 0.3) is 5.24 Å². The largest absolute Gasteiger partial charge is 0.300 e. The molecule has 0 radical (unpaired) electrons. The normalized spacial score (nSPS) is 15.1. The van der Waals surface area contributed by atoms with Gasteiger partial charge in [0.1, 0.15) is 6.54 Å². The van der Waals surface area contributed by atoms with E-state index in [0.717, 1.165) is 26.9 Å². The van der Waals surface area contributed by atoms with E-state index in [4.69, 9.17) is 0 Å². The van der Waals surface area contributed by atoms with Crippen LogP contribution in [0.4, 0.5) is 9.93 Å². The third-order valence-electron chi connectivity index (χ3n) is 2.68. The molecule has 3 amide bonds. The van der Waals surface area contributed by atoms with Crippen LogP contribution in [0, 0.1) is 0 Å². The molecule has 1 aliphatic rings. The number of carbonyl (C=O) groups is 3. The molecular weight excluding hydrogens is 298 g/mol. The number of thioether (sulfide) groups is 1. The van der Waals surface area contributed by atoms with Crippen LogP contribution < -0.4 is 5.32 Å². The highest BCUT2D eigenvalue weighted by Gasteiger charge is 2.31. The zero-order chi connectivity index (χ0) is 14.1. The van der Waals surface area contributed by atoms with Crippen molar-refractivity contribution < 1.29 is 14.4 Å². The van der Waals surface area contributed by atoms with Gasteiger partial charge < -0.3 is 5.32 Å². The number of hydrogen-bond donors (Lipinski definition) is 1. The van der Waals surface area contributed by atoms with Crippen LogP contribution >= 0.6 is 23.1 Å². The monoisotopic (exact) mass is 307 g/mol. The second-order valence-electron chi connectivity index (χ2n) is 4.07. The molecule has 0 bridgehead atoms. The SMILES string of the molecule is O=C(CN1C(=O)CSC1=O)Nc1nc2ccccc2s1. The van der Waals surface area contributed by atoms with Gasteiger partial charge in [-0.25, -0.2) is 4.98 Å². The van der Waals surface area contributed by atoms with E-state index in [1.165, 1.54) is 11.3 Å². The maximum atomic E-state index is 11.8. The minimum absolute atomic E-state index is 0.104. The number of para-hydroxylation sites is 1. The van der Waals surface area contributed by atoms with Crippen molar-refractivity contribution in [3.63, 3.8) is 0 Å². The number of aromatic nitrogens is 1. The van der Waals surface area contributed by atoms with Crippen LogP contribution in [0.15, 0.2) is 24.3 Å². The number of thiazole rings is 1. The van der Waals surface area contributed by atoms with Crippen LogP contribution in [0.2, 0.25) is 0 Å². The zero-order valence-corrected chi connectivity index (χ0v) is 11.8. The fourth-order valence-corrected chi connectivity index (χ4v) is 3.37. The molecule has 0 atom stereocenters. The average Bonchev–Trinajstić information content (AvgIpc) is 2.96. The van der Waals surface area contributed by atoms with Gasteiger partial charge in [0, 0.05) is 0 Å². The maximum absolute atomic E-state index is 11.8. The Hall–Kier alpha value is -1.93. The van der Waals surface area contributed by atoms with Gasteiger partial charge in [-0.05, 0) is 12.1 Å². The predicted octanol–water partition coefficient (Wildman–Crippen LogP) is 1.93. The van der Waals surface area contributed by atoms with Crippen LogP contribution in [0.25, 0.3) is 10.2 Å². The highest BCUT2D eigenvalue weighted by Crippen LogP contribution is 2.25. The Labute approximate surface area is 122 Å². The quantitative estimate of drug-likeness (QED) is 0.937. The third-order valence-corrected chi connectivity index (χ3v) is 4.49. The van der Waals surface area contributed by atoms with Crippen molar-refractivity contribution in [2.45, 2.75) is 0 Å². The Morgan fingerprint density at radius 3 is 2.85 bits per heavy atom. The fourth-order valence-electron chi connectivity index (χ4n) is 1.76. The summed E-state index contributed by atoms with van der Waals surface area (Å²) in [5.41, 5.74) is 0.802. The minimum atomic E-state index is -0.423. The number of hydrogen-bond acceptors (Lipinski definition) is 6. The Bertz CT molecular complexity index is 664. The number of amides is 3. The predicted molar refractivity (Wildman–Crippen MR) is 77.8 cm³/mol. The molecule has 0 spiro atoms. The molecule has 0 saturated carbocycles. The van der Waals surface area contributed by atoms with E-state index in [2.05, 4.69) is 10.3 Å². The fraction of sp³-hybridized carbons (Fsp3) is 0.167. The second-order valence-corrected chi connectivity index (χ2v) is 6.03. The first kappa shape index (κ1) is 13.1. The van der Waals surface area contributed by atoms with E-state index in [-0.39, 0.29) is 23.4 Å². The first-order valence-electron chi connectivity index (χ1n) is 5.76. The van der Waals surface area contributed by atoms with E-state index >= 15 is 0 Å². The minimum Gasteiger partial charge on any atom is -0.300 e. The van der Waals surface area contributed by atoms with Gasteiger partial charge in [-0.15, -0.1) is 0 Å². The lowest BCUT2D eigenvalue weighted by Crippen LogP contribution is -2.36. The smallest absolute Gasteiger partial charge is 0.289 e. The standard InChI is InChI=1S/C12H9N3O3S2/c16-9(5-15-10(17)6-19-12(15)18)14-11-13-7-3-1-2-4-8(7)20-11/h1-4H,5-6H2,(H,13,14,16). The molecule has 20 heavy (non-hydrogen) atoms. The number of imide groups is 1. The van der Waals surface area contributed by atoms with Crippen LogP contribution in [0.1, 0.15) is 0 Å². The van der Waals surface area contributed by atoms with Crippen LogP contribution in [0.5, 0.6) is 0 Å². The van der Waals surface area contributed by atoms with E-state index in [0.29, 0.717) is 5.13 Å². The number of fused-ring (bicyclic) bond motifs is 1. The first-order chi connectivity index (χ1) is 9.63. The van der Waals surface area contributed by atoms with Gasteiger partial charge in [0.2, 0.25) is 11.8 Å². The summed E-state index contributed by atoms with van der Waals surface area (Å²) >= 11 is 2.26. The molecule has 6 nitrogen and oxygen atoms in total. The van der Waals surface area contributed by atoms with Crippen molar-refractivity contribution in [3.8, 4) is 0 Å². The first-order valence-corrected chi connectivity index (χ1v) is 7.56. The van der Waals surface area contributed by atoms with Gasteiger partial charge in [-0.2, -0.15) is 0 Å². The molecule has 1 N–H and O–H groups in total. The van der Waals surface area contributed by atoms with E-state index in [1.807, 2.05) is 24.3 Å². The van der Waals surface area contributed by atoms with Crippen molar-refractivity contribution >= 4 is 55.5 Å². The van der Waals surface area contributed by atoms with Crippen molar-refractivity contribution in [3.05, 3.63) is 24.3 Å². The molecule has 2 heterocycles. The highest BCUT2D eigenvalue weighted by atomic mass is 32.2. The van der Waals surface area contributed by atoms with Gasteiger partial charge in [-0.3, -0.25) is 19.3 Å². The Morgan fingerprint density at radius 2 is 2.15 bits per heavy atom. The molecule has 1 aromatic carbocycles. The summed E-state index contributed by atoms with van der Waals surface area (Å²) in [7, 11) is 0. The van der Waals surface area contributed by atoms with E-state index in [9.17, 15) is 14.4 Å². The molecule has 3 rings (SSSR count). The van der Waals surface area contributed by atoms with Gasteiger partial charge in [0.05, 0.1) is 16.0 Å². The van der Waals surface area contributed by atoms with Gasteiger partial charge in [-0.1, -0.05) is 35.2 Å². The second kappa shape index (κ2) is 5.22.